The molecule has 1 saturated carbocycles. The number of hydrogen-bond donors (Lipinski definition) is 3. The van der Waals surface area contributed by atoms with Gasteiger partial charge in [0.25, 0.3) is 0 Å². The number of imidazole rings is 1. The SMILES string of the molecule is N#Cc1ccc(Cn2nccc2-c2cc(F)c3nnn(-c4ccc5[nH]c(=O)[nH]c5c4)c3c2)c(CNCC2CCCC2)c1. The zero-order valence-electron chi connectivity index (χ0n) is 22.8. The molecule has 3 N–H and O–H groups in total. The summed E-state index contributed by atoms with van der Waals surface area (Å²) in [5.74, 6) is 0.220. The fourth-order valence-electron chi connectivity index (χ4n) is 5.98. The molecular weight excluding hydrogens is 533 g/mol. The van der Waals surface area contributed by atoms with Gasteiger partial charge in [-0.15, -0.1) is 5.10 Å². The van der Waals surface area contributed by atoms with Gasteiger partial charge >= 0.3 is 5.69 Å². The molecule has 0 atom stereocenters. The summed E-state index contributed by atoms with van der Waals surface area (Å²) >= 11 is 0. The molecule has 3 aromatic heterocycles. The molecule has 0 bridgehead atoms. The molecule has 0 saturated heterocycles. The van der Waals surface area contributed by atoms with Gasteiger partial charge in [0.05, 0.1) is 46.1 Å². The smallest absolute Gasteiger partial charge is 0.312 e. The van der Waals surface area contributed by atoms with E-state index in [2.05, 4.69) is 36.8 Å². The lowest BCUT2D eigenvalue weighted by atomic mass is 10.0. The Hall–Kier alpha value is -5.08. The lowest BCUT2D eigenvalue weighted by molar-refractivity contribution is 0.488. The van der Waals surface area contributed by atoms with Gasteiger partial charge in [-0.05, 0) is 85.0 Å². The standard InChI is InChI=1S/C31H28FN9O/c32-25-12-22(13-29-30(25)38-39-41(29)24-7-8-26-27(14-24)37-31(42)36-26)28-9-10-35-40(28)18-21-6-5-20(15-33)11-23(21)17-34-16-19-3-1-2-4-19/h5-14,19,34H,1-4,16-18H2,(H2,36,37,42). The third-order valence-electron chi connectivity index (χ3n) is 8.14. The van der Waals surface area contributed by atoms with Crippen molar-refractivity contribution in [2.45, 2.75) is 38.8 Å². The number of rotatable bonds is 8. The van der Waals surface area contributed by atoms with Crippen molar-refractivity contribution in [2.24, 2.45) is 5.92 Å². The van der Waals surface area contributed by atoms with E-state index in [0.717, 1.165) is 23.4 Å². The summed E-state index contributed by atoms with van der Waals surface area (Å²) in [6.07, 6.45) is 6.84. The fraction of sp³-hybridized carbons (Fsp3) is 0.258. The number of nitrogens with one attached hydrogen (secondary N) is 3. The molecule has 0 amide bonds. The van der Waals surface area contributed by atoms with Crippen molar-refractivity contribution in [3.63, 3.8) is 0 Å². The molecule has 42 heavy (non-hydrogen) atoms. The third kappa shape index (κ3) is 4.86. The highest BCUT2D eigenvalue weighted by molar-refractivity contribution is 5.84. The molecule has 0 spiro atoms. The number of benzene rings is 3. The van der Waals surface area contributed by atoms with Crippen molar-refractivity contribution < 1.29 is 4.39 Å². The van der Waals surface area contributed by atoms with Crippen molar-refractivity contribution in [1.29, 1.82) is 5.26 Å². The van der Waals surface area contributed by atoms with Crippen molar-refractivity contribution in [1.82, 2.24) is 40.1 Å². The summed E-state index contributed by atoms with van der Waals surface area (Å²) in [4.78, 5) is 17.2. The van der Waals surface area contributed by atoms with Gasteiger partial charge in [0.2, 0.25) is 0 Å². The normalized spacial score (nSPS) is 13.8. The minimum Gasteiger partial charge on any atom is -0.312 e. The van der Waals surface area contributed by atoms with Crippen LogP contribution in [0.5, 0.6) is 0 Å². The highest BCUT2D eigenvalue weighted by Gasteiger charge is 2.18. The first-order valence-electron chi connectivity index (χ1n) is 14.1. The van der Waals surface area contributed by atoms with Crippen molar-refractivity contribution >= 4 is 22.1 Å². The molecule has 3 heterocycles. The van der Waals surface area contributed by atoms with Gasteiger partial charge in [-0.25, -0.2) is 13.9 Å². The van der Waals surface area contributed by atoms with Crippen LogP contribution in [0.1, 0.15) is 42.4 Å². The Morgan fingerprint density at radius 3 is 2.74 bits per heavy atom. The molecule has 0 unspecified atom stereocenters. The Bertz CT molecular complexity index is 2020. The average Bonchev–Trinajstić information content (AvgIpc) is 3.80. The molecule has 0 radical (unpaired) electrons. The topological polar surface area (TPSA) is 133 Å². The molecule has 1 fully saturated rings. The molecule has 210 valence electrons. The predicted octanol–water partition coefficient (Wildman–Crippen LogP) is 4.79. The minimum absolute atomic E-state index is 0.148. The van der Waals surface area contributed by atoms with Crippen LogP contribution in [0.2, 0.25) is 0 Å². The van der Waals surface area contributed by atoms with Gasteiger partial charge in [-0.1, -0.05) is 24.1 Å². The van der Waals surface area contributed by atoms with E-state index in [1.165, 1.54) is 31.7 Å². The largest absolute Gasteiger partial charge is 0.323 e. The second-order valence-electron chi connectivity index (χ2n) is 10.9. The second-order valence-corrected chi connectivity index (χ2v) is 10.9. The quantitative estimate of drug-likeness (QED) is 0.245. The number of nitriles is 1. The van der Waals surface area contributed by atoms with E-state index in [1.54, 1.807) is 29.1 Å². The number of fused-ring (bicyclic) bond motifs is 2. The summed E-state index contributed by atoms with van der Waals surface area (Å²) in [6, 6.07) is 18.5. The summed E-state index contributed by atoms with van der Waals surface area (Å²) in [5, 5.41) is 25.9. The molecule has 11 heteroatoms. The Balaban J connectivity index is 1.21. The van der Waals surface area contributed by atoms with E-state index in [4.69, 9.17) is 0 Å². The maximum Gasteiger partial charge on any atom is 0.323 e. The molecule has 10 nitrogen and oxygen atoms in total. The van der Waals surface area contributed by atoms with Crippen LogP contribution in [0.3, 0.4) is 0 Å². The zero-order chi connectivity index (χ0) is 28.6. The lowest BCUT2D eigenvalue weighted by Crippen LogP contribution is -2.22. The van der Waals surface area contributed by atoms with Crippen LogP contribution < -0.4 is 11.0 Å². The molecule has 0 aliphatic heterocycles. The van der Waals surface area contributed by atoms with Crippen molar-refractivity contribution in [3.05, 3.63) is 93.8 Å². The van der Waals surface area contributed by atoms with Gasteiger partial charge in [0, 0.05) is 18.3 Å². The highest BCUT2D eigenvalue weighted by atomic mass is 19.1. The maximum absolute atomic E-state index is 15.4. The minimum atomic E-state index is -0.493. The summed E-state index contributed by atoms with van der Waals surface area (Å²) < 4.78 is 18.8. The van der Waals surface area contributed by atoms with Crippen LogP contribution in [0.25, 0.3) is 39.0 Å². The Morgan fingerprint density at radius 1 is 1.02 bits per heavy atom. The van der Waals surface area contributed by atoms with Gasteiger partial charge < -0.3 is 15.3 Å². The van der Waals surface area contributed by atoms with E-state index in [0.29, 0.717) is 52.4 Å². The van der Waals surface area contributed by atoms with E-state index in [9.17, 15) is 10.1 Å². The molecule has 1 aliphatic carbocycles. The monoisotopic (exact) mass is 561 g/mol. The highest BCUT2D eigenvalue weighted by Crippen LogP contribution is 2.29. The van der Waals surface area contributed by atoms with E-state index < -0.39 is 5.82 Å². The molecule has 6 aromatic rings. The van der Waals surface area contributed by atoms with Crippen LogP contribution in [0, 0.1) is 23.1 Å². The van der Waals surface area contributed by atoms with Gasteiger partial charge in [0.1, 0.15) is 5.52 Å². The summed E-state index contributed by atoms with van der Waals surface area (Å²) in [5.41, 5.74) is 6.34. The Kier molecular flexibility index (Phi) is 6.60. The van der Waals surface area contributed by atoms with Gasteiger partial charge in [-0.2, -0.15) is 10.4 Å². The van der Waals surface area contributed by atoms with Crippen LogP contribution in [0.15, 0.2) is 65.6 Å². The summed E-state index contributed by atoms with van der Waals surface area (Å²) in [7, 11) is 0. The number of halogens is 1. The number of nitrogens with zero attached hydrogens (tertiary/aromatic N) is 6. The van der Waals surface area contributed by atoms with Crippen molar-refractivity contribution in [3.8, 4) is 23.0 Å². The van der Waals surface area contributed by atoms with Crippen LogP contribution in [0.4, 0.5) is 4.39 Å². The Labute approximate surface area is 239 Å². The maximum atomic E-state index is 15.4. The first-order chi connectivity index (χ1) is 20.6. The molecule has 7 rings (SSSR count). The van der Waals surface area contributed by atoms with Crippen LogP contribution >= 0.6 is 0 Å². The average molecular weight is 562 g/mol. The number of aromatic nitrogens is 7. The Morgan fingerprint density at radius 2 is 1.88 bits per heavy atom. The van der Waals surface area contributed by atoms with Crippen LogP contribution in [-0.4, -0.2) is 41.3 Å². The van der Waals surface area contributed by atoms with Crippen molar-refractivity contribution in [2.75, 3.05) is 6.54 Å². The van der Waals surface area contributed by atoms with Gasteiger partial charge in [0.15, 0.2) is 5.82 Å². The van der Waals surface area contributed by atoms with E-state index >= 15 is 4.39 Å². The summed E-state index contributed by atoms with van der Waals surface area (Å²) in [6.45, 7) is 2.10. The number of aromatic amines is 2. The molecule has 1 aliphatic rings. The molecular formula is C31H28FN9O. The number of H-pyrrole nitrogens is 2. The fourth-order valence-corrected chi connectivity index (χ4v) is 5.98. The third-order valence-corrected chi connectivity index (χ3v) is 8.14. The predicted molar refractivity (Wildman–Crippen MR) is 156 cm³/mol. The number of hydrogen-bond acceptors (Lipinski definition) is 6. The zero-order valence-corrected chi connectivity index (χ0v) is 22.8. The molecule has 3 aromatic carbocycles. The second kappa shape index (κ2) is 10.7. The van der Waals surface area contributed by atoms with Gasteiger partial charge in [-0.3, -0.25) is 4.68 Å². The van der Waals surface area contributed by atoms with Crippen LogP contribution in [-0.2, 0) is 13.1 Å². The lowest BCUT2D eigenvalue weighted by Gasteiger charge is -2.15. The first kappa shape index (κ1) is 25.9. The van der Waals surface area contributed by atoms with E-state index in [-0.39, 0.29) is 11.2 Å². The first-order valence-corrected chi connectivity index (χ1v) is 14.1. The van der Waals surface area contributed by atoms with E-state index in [1.807, 2.05) is 35.0 Å².